The molecule has 0 aliphatic carbocycles. The summed E-state index contributed by atoms with van der Waals surface area (Å²) in [6, 6.07) is 10.9. The Balaban J connectivity index is 2.15. The van der Waals surface area contributed by atoms with Crippen LogP contribution in [0.25, 0.3) is 0 Å². The van der Waals surface area contributed by atoms with Crippen LogP contribution in [0.1, 0.15) is 37.9 Å². The summed E-state index contributed by atoms with van der Waals surface area (Å²) in [4.78, 5) is 12.4. The second kappa shape index (κ2) is 8.20. The van der Waals surface area contributed by atoms with Crippen LogP contribution in [0, 0.1) is 0 Å². The van der Waals surface area contributed by atoms with E-state index in [1.165, 1.54) is 6.07 Å². The average molecular weight is 377 g/mol. The Kier molecular flexibility index (Phi) is 6.44. The molecule has 2 rings (SSSR count). The van der Waals surface area contributed by atoms with Gasteiger partial charge >= 0.3 is 0 Å². The molecule has 0 atom stereocenters. The SMILES string of the molecule is CC(C)(C)[Si](C)(C)OCc1cc(=O)c(OCc2ccccc2)c(CO)o1. The molecule has 0 fully saturated rings. The largest absolute Gasteiger partial charge is 0.482 e. The molecule has 0 aliphatic heterocycles. The van der Waals surface area contributed by atoms with Crippen molar-refractivity contribution in [2.24, 2.45) is 0 Å². The third-order valence-corrected chi connectivity index (χ3v) is 9.25. The Morgan fingerprint density at radius 3 is 2.35 bits per heavy atom. The van der Waals surface area contributed by atoms with Gasteiger partial charge in [-0.25, -0.2) is 0 Å². The molecule has 1 aromatic carbocycles. The minimum absolute atomic E-state index is 0.0485. The van der Waals surface area contributed by atoms with Crippen LogP contribution in [0.15, 0.2) is 45.6 Å². The van der Waals surface area contributed by atoms with Gasteiger partial charge in [-0.3, -0.25) is 4.79 Å². The topological polar surface area (TPSA) is 68.9 Å². The summed E-state index contributed by atoms with van der Waals surface area (Å²) < 4.78 is 17.3. The van der Waals surface area contributed by atoms with E-state index >= 15 is 0 Å². The van der Waals surface area contributed by atoms with Gasteiger partial charge in [0, 0.05) is 6.07 Å². The first-order valence-electron chi connectivity index (χ1n) is 8.71. The predicted octanol–water partition coefficient (Wildman–Crippen LogP) is 4.23. The molecule has 5 nitrogen and oxygen atoms in total. The van der Waals surface area contributed by atoms with Gasteiger partial charge in [0.2, 0.25) is 11.2 Å². The summed E-state index contributed by atoms with van der Waals surface area (Å²) in [6.45, 7) is 10.7. The van der Waals surface area contributed by atoms with Gasteiger partial charge in [-0.15, -0.1) is 0 Å². The molecular formula is C20H28O5Si. The summed E-state index contributed by atoms with van der Waals surface area (Å²) in [5.74, 6) is 0.575. The van der Waals surface area contributed by atoms with Gasteiger partial charge in [0.15, 0.2) is 14.1 Å². The Hall–Kier alpha value is -1.89. The fourth-order valence-corrected chi connectivity index (χ4v) is 3.04. The maximum Gasteiger partial charge on any atom is 0.227 e. The van der Waals surface area contributed by atoms with Gasteiger partial charge in [0.05, 0.1) is 6.61 Å². The normalized spacial score (nSPS) is 12.2. The number of hydrogen-bond donors (Lipinski definition) is 1. The minimum atomic E-state index is -1.96. The van der Waals surface area contributed by atoms with Crippen molar-refractivity contribution >= 4 is 8.32 Å². The number of ether oxygens (including phenoxy) is 1. The van der Waals surface area contributed by atoms with E-state index in [-0.39, 0.29) is 35.2 Å². The molecule has 2 aromatic rings. The second-order valence-corrected chi connectivity index (χ2v) is 12.6. The standard InChI is InChI=1S/C20H28O5Si/c1-20(2,3)26(4,5)24-14-16-11-17(22)19(18(12-21)25-16)23-13-15-9-7-6-8-10-15/h6-11,21H,12-14H2,1-5H3. The molecule has 1 heterocycles. The predicted molar refractivity (Wildman–Crippen MR) is 104 cm³/mol. The number of rotatable bonds is 7. The quantitative estimate of drug-likeness (QED) is 0.732. The molecule has 1 N–H and O–H groups in total. The zero-order valence-electron chi connectivity index (χ0n) is 16.2. The van der Waals surface area contributed by atoms with E-state index in [1.807, 2.05) is 30.3 Å². The van der Waals surface area contributed by atoms with Gasteiger partial charge in [0.1, 0.15) is 19.0 Å². The molecule has 0 bridgehead atoms. The highest BCUT2D eigenvalue weighted by molar-refractivity contribution is 6.74. The van der Waals surface area contributed by atoms with Crippen molar-refractivity contribution in [2.45, 2.75) is 58.7 Å². The molecular weight excluding hydrogens is 348 g/mol. The van der Waals surface area contributed by atoms with E-state index in [0.717, 1.165) is 5.56 Å². The van der Waals surface area contributed by atoms with Crippen LogP contribution in [-0.2, 0) is 24.2 Å². The summed E-state index contributed by atoms with van der Waals surface area (Å²) in [5, 5.41) is 9.64. The third-order valence-electron chi connectivity index (χ3n) is 4.77. The van der Waals surface area contributed by atoms with Crippen molar-refractivity contribution in [2.75, 3.05) is 0 Å². The number of aliphatic hydroxyl groups is 1. The van der Waals surface area contributed by atoms with Crippen LogP contribution in [-0.4, -0.2) is 13.4 Å². The lowest BCUT2D eigenvalue weighted by Gasteiger charge is -2.35. The fourth-order valence-electron chi connectivity index (χ4n) is 2.11. The van der Waals surface area contributed by atoms with E-state index in [4.69, 9.17) is 13.6 Å². The smallest absolute Gasteiger partial charge is 0.227 e. The summed E-state index contributed by atoms with van der Waals surface area (Å²) >= 11 is 0. The molecule has 0 amide bonds. The van der Waals surface area contributed by atoms with Crippen LogP contribution < -0.4 is 10.2 Å². The van der Waals surface area contributed by atoms with E-state index in [2.05, 4.69) is 33.9 Å². The summed E-state index contributed by atoms with van der Waals surface area (Å²) in [6.07, 6.45) is 0. The Morgan fingerprint density at radius 1 is 1.12 bits per heavy atom. The van der Waals surface area contributed by atoms with Crippen molar-refractivity contribution in [1.82, 2.24) is 0 Å². The molecule has 1 aromatic heterocycles. The number of hydrogen-bond acceptors (Lipinski definition) is 5. The Morgan fingerprint density at radius 2 is 1.77 bits per heavy atom. The van der Waals surface area contributed by atoms with E-state index in [9.17, 15) is 9.90 Å². The van der Waals surface area contributed by atoms with Crippen molar-refractivity contribution in [1.29, 1.82) is 0 Å². The highest BCUT2D eigenvalue weighted by Crippen LogP contribution is 2.37. The minimum Gasteiger partial charge on any atom is -0.482 e. The molecule has 6 heteroatoms. The van der Waals surface area contributed by atoms with Gasteiger partial charge in [-0.1, -0.05) is 51.1 Å². The lowest BCUT2D eigenvalue weighted by atomic mass is 10.2. The highest BCUT2D eigenvalue weighted by atomic mass is 28.4. The van der Waals surface area contributed by atoms with Crippen LogP contribution in [0.3, 0.4) is 0 Å². The molecule has 0 saturated heterocycles. The fraction of sp³-hybridized carbons (Fsp3) is 0.450. The number of aliphatic hydroxyl groups excluding tert-OH is 1. The molecule has 0 saturated carbocycles. The van der Waals surface area contributed by atoms with Crippen LogP contribution in [0.5, 0.6) is 5.75 Å². The zero-order chi connectivity index (χ0) is 19.4. The lowest BCUT2D eigenvalue weighted by molar-refractivity contribution is 0.193. The molecule has 26 heavy (non-hydrogen) atoms. The summed E-state index contributed by atoms with van der Waals surface area (Å²) in [5.41, 5.74) is 0.617. The second-order valence-electron chi connectivity index (χ2n) is 7.81. The highest BCUT2D eigenvalue weighted by Gasteiger charge is 2.37. The van der Waals surface area contributed by atoms with E-state index in [0.29, 0.717) is 5.76 Å². The maximum atomic E-state index is 12.4. The van der Waals surface area contributed by atoms with Crippen molar-refractivity contribution in [3.8, 4) is 5.75 Å². The first-order chi connectivity index (χ1) is 12.1. The van der Waals surface area contributed by atoms with Crippen LogP contribution in [0.2, 0.25) is 18.1 Å². The Labute approximate surface area is 155 Å². The summed E-state index contributed by atoms with van der Waals surface area (Å²) in [7, 11) is -1.96. The van der Waals surface area contributed by atoms with Gasteiger partial charge < -0.3 is 18.7 Å². The lowest BCUT2D eigenvalue weighted by Crippen LogP contribution is -2.40. The molecule has 0 spiro atoms. The third kappa shape index (κ3) is 5.06. The van der Waals surface area contributed by atoms with Crippen molar-refractivity contribution < 1.29 is 18.7 Å². The van der Waals surface area contributed by atoms with Gasteiger partial charge in [0.25, 0.3) is 0 Å². The molecule has 0 radical (unpaired) electrons. The monoisotopic (exact) mass is 376 g/mol. The van der Waals surface area contributed by atoms with Gasteiger partial charge in [-0.05, 0) is 23.7 Å². The first kappa shape index (κ1) is 20.4. The van der Waals surface area contributed by atoms with Crippen LogP contribution >= 0.6 is 0 Å². The molecule has 142 valence electrons. The van der Waals surface area contributed by atoms with E-state index in [1.54, 1.807) is 0 Å². The molecule has 0 aliphatic rings. The van der Waals surface area contributed by atoms with Crippen molar-refractivity contribution in [3.63, 3.8) is 0 Å². The van der Waals surface area contributed by atoms with E-state index < -0.39 is 14.9 Å². The van der Waals surface area contributed by atoms with Crippen molar-refractivity contribution in [3.05, 3.63) is 63.7 Å². The zero-order valence-corrected chi connectivity index (χ0v) is 17.2. The molecule has 0 unspecified atom stereocenters. The average Bonchev–Trinajstić information content (AvgIpc) is 2.58. The number of benzene rings is 1. The first-order valence-corrected chi connectivity index (χ1v) is 11.6. The van der Waals surface area contributed by atoms with Gasteiger partial charge in [-0.2, -0.15) is 0 Å². The maximum absolute atomic E-state index is 12.4. The Bertz CT molecular complexity index is 775. The van der Waals surface area contributed by atoms with Crippen LogP contribution in [0.4, 0.5) is 0 Å².